The first-order valence-electron chi connectivity index (χ1n) is 6.33. The number of aryl methyl sites for hydroxylation is 2. The summed E-state index contributed by atoms with van der Waals surface area (Å²) in [5.74, 6) is 0.653. The maximum absolute atomic E-state index is 12.1. The van der Waals surface area contributed by atoms with Crippen molar-refractivity contribution in [2.75, 3.05) is 18.0 Å². The molecule has 1 aromatic heterocycles. The van der Waals surface area contributed by atoms with E-state index < -0.39 is 0 Å². The van der Waals surface area contributed by atoms with E-state index in [1.54, 1.807) is 0 Å². The summed E-state index contributed by atoms with van der Waals surface area (Å²) in [5, 5.41) is 0.661. The summed E-state index contributed by atoms with van der Waals surface area (Å²) in [6.07, 6.45) is 0. The molecule has 18 heavy (non-hydrogen) atoms. The minimum atomic E-state index is -0.0648. The standard InChI is InChI=1S/C14H19N3O/c1-5-17(6-2)14-15-12-8-10(4)9(3)7-11(12)13(18)16-14/h7-8H,5-6H2,1-4H3,(H,15,16,18). The minimum Gasteiger partial charge on any atom is -0.343 e. The SMILES string of the molecule is CCN(CC)c1nc2cc(C)c(C)cc2c(=O)[nH]1. The predicted octanol–water partition coefficient (Wildman–Crippen LogP) is 2.39. The first-order valence-corrected chi connectivity index (χ1v) is 6.33. The number of rotatable bonds is 3. The molecule has 0 aliphatic heterocycles. The van der Waals surface area contributed by atoms with E-state index in [-0.39, 0.29) is 5.56 Å². The molecular formula is C14H19N3O. The molecule has 0 unspecified atom stereocenters. The van der Waals surface area contributed by atoms with Crippen LogP contribution in [0, 0.1) is 13.8 Å². The maximum Gasteiger partial charge on any atom is 0.260 e. The third kappa shape index (κ3) is 2.10. The number of hydrogen-bond acceptors (Lipinski definition) is 3. The van der Waals surface area contributed by atoms with E-state index >= 15 is 0 Å². The Bertz CT molecular complexity index is 627. The third-order valence-electron chi connectivity index (χ3n) is 3.37. The van der Waals surface area contributed by atoms with Crippen LogP contribution in [0.5, 0.6) is 0 Å². The molecule has 0 amide bonds. The van der Waals surface area contributed by atoms with Crippen LogP contribution in [0.15, 0.2) is 16.9 Å². The van der Waals surface area contributed by atoms with Crippen LogP contribution >= 0.6 is 0 Å². The van der Waals surface area contributed by atoms with Gasteiger partial charge in [-0.2, -0.15) is 0 Å². The topological polar surface area (TPSA) is 49.0 Å². The monoisotopic (exact) mass is 245 g/mol. The number of aromatic amines is 1. The molecule has 0 spiro atoms. The fourth-order valence-electron chi connectivity index (χ4n) is 2.06. The van der Waals surface area contributed by atoms with E-state index in [0.717, 1.165) is 29.7 Å². The number of benzene rings is 1. The Kier molecular flexibility index (Phi) is 3.36. The van der Waals surface area contributed by atoms with Gasteiger partial charge in [-0.1, -0.05) is 0 Å². The van der Waals surface area contributed by atoms with Gasteiger partial charge < -0.3 is 4.90 Å². The Morgan fingerprint density at radius 3 is 2.39 bits per heavy atom. The maximum atomic E-state index is 12.1. The average molecular weight is 245 g/mol. The molecule has 0 fully saturated rings. The molecular weight excluding hydrogens is 226 g/mol. The van der Waals surface area contributed by atoms with Crippen molar-refractivity contribution < 1.29 is 0 Å². The van der Waals surface area contributed by atoms with Crippen LogP contribution in [-0.2, 0) is 0 Å². The molecule has 0 radical (unpaired) electrons. The van der Waals surface area contributed by atoms with E-state index in [2.05, 4.69) is 9.97 Å². The van der Waals surface area contributed by atoms with E-state index in [1.807, 2.05) is 44.7 Å². The zero-order valence-electron chi connectivity index (χ0n) is 11.4. The predicted molar refractivity (Wildman–Crippen MR) is 75.4 cm³/mol. The number of H-pyrrole nitrogens is 1. The summed E-state index contributed by atoms with van der Waals surface area (Å²) < 4.78 is 0. The van der Waals surface area contributed by atoms with Crippen LogP contribution in [0.2, 0.25) is 0 Å². The van der Waals surface area contributed by atoms with Crippen LogP contribution in [-0.4, -0.2) is 23.1 Å². The van der Waals surface area contributed by atoms with Crippen molar-refractivity contribution in [3.05, 3.63) is 33.6 Å². The van der Waals surface area contributed by atoms with E-state index in [1.165, 1.54) is 0 Å². The summed E-state index contributed by atoms with van der Waals surface area (Å²) in [6, 6.07) is 3.88. The van der Waals surface area contributed by atoms with E-state index in [4.69, 9.17) is 0 Å². The second-order valence-corrected chi connectivity index (χ2v) is 4.52. The Balaban J connectivity index is 2.69. The highest BCUT2D eigenvalue weighted by Gasteiger charge is 2.09. The molecule has 2 rings (SSSR count). The Morgan fingerprint density at radius 1 is 1.17 bits per heavy atom. The fourth-order valence-corrected chi connectivity index (χ4v) is 2.06. The van der Waals surface area contributed by atoms with Crippen molar-refractivity contribution in [3.8, 4) is 0 Å². The van der Waals surface area contributed by atoms with E-state index in [0.29, 0.717) is 11.3 Å². The van der Waals surface area contributed by atoms with Crippen LogP contribution in [0.4, 0.5) is 5.95 Å². The first-order chi connectivity index (χ1) is 8.56. The second-order valence-electron chi connectivity index (χ2n) is 4.52. The number of fused-ring (bicyclic) bond motifs is 1. The average Bonchev–Trinajstić information content (AvgIpc) is 2.33. The van der Waals surface area contributed by atoms with Gasteiger partial charge in [0.1, 0.15) is 0 Å². The number of hydrogen-bond donors (Lipinski definition) is 1. The molecule has 4 nitrogen and oxygen atoms in total. The van der Waals surface area contributed by atoms with Crippen LogP contribution in [0.25, 0.3) is 10.9 Å². The molecule has 1 aromatic carbocycles. The van der Waals surface area contributed by atoms with Gasteiger partial charge in [-0.15, -0.1) is 0 Å². The van der Waals surface area contributed by atoms with Gasteiger partial charge in [0.05, 0.1) is 10.9 Å². The van der Waals surface area contributed by atoms with Gasteiger partial charge in [0.2, 0.25) is 5.95 Å². The molecule has 0 saturated carbocycles. The molecule has 0 saturated heterocycles. The van der Waals surface area contributed by atoms with Gasteiger partial charge in [-0.3, -0.25) is 9.78 Å². The lowest BCUT2D eigenvalue weighted by Crippen LogP contribution is -2.26. The highest BCUT2D eigenvalue weighted by atomic mass is 16.1. The number of nitrogens with zero attached hydrogens (tertiary/aromatic N) is 2. The summed E-state index contributed by atoms with van der Waals surface area (Å²) in [4.78, 5) is 21.5. The lowest BCUT2D eigenvalue weighted by atomic mass is 10.1. The Morgan fingerprint density at radius 2 is 1.78 bits per heavy atom. The van der Waals surface area contributed by atoms with Crippen LogP contribution < -0.4 is 10.5 Å². The largest absolute Gasteiger partial charge is 0.343 e. The van der Waals surface area contributed by atoms with Gasteiger partial charge in [-0.05, 0) is 51.0 Å². The normalized spacial score (nSPS) is 10.9. The van der Waals surface area contributed by atoms with Gasteiger partial charge in [0, 0.05) is 13.1 Å². The van der Waals surface area contributed by atoms with Crippen molar-refractivity contribution in [2.24, 2.45) is 0 Å². The number of aromatic nitrogens is 2. The minimum absolute atomic E-state index is 0.0648. The number of anilines is 1. The van der Waals surface area contributed by atoms with Gasteiger partial charge in [0.25, 0.3) is 5.56 Å². The third-order valence-corrected chi connectivity index (χ3v) is 3.37. The van der Waals surface area contributed by atoms with Crippen molar-refractivity contribution in [3.63, 3.8) is 0 Å². The molecule has 1 heterocycles. The molecule has 0 aliphatic carbocycles. The van der Waals surface area contributed by atoms with Gasteiger partial charge >= 0.3 is 0 Å². The molecule has 2 aromatic rings. The lowest BCUT2D eigenvalue weighted by Gasteiger charge is -2.19. The summed E-state index contributed by atoms with van der Waals surface area (Å²) in [7, 11) is 0. The van der Waals surface area contributed by atoms with Crippen molar-refractivity contribution >= 4 is 16.9 Å². The molecule has 4 heteroatoms. The first kappa shape index (κ1) is 12.6. The van der Waals surface area contributed by atoms with E-state index in [9.17, 15) is 4.79 Å². The summed E-state index contributed by atoms with van der Waals surface area (Å²) in [5.41, 5.74) is 2.98. The second kappa shape index (κ2) is 4.80. The lowest BCUT2D eigenvalue weighted by molar-refractivity contribution is 0.822. The molecule has 0 atom stereocenters. The zero-order chi connectivity index (χ0) is 13.3. The van der Waals surface area contributed by atoms with Crippen molar-refractivity contribution in [1.29, 1.82) is 0 Å². The van der Waals surface area contributed by atoms with Gasteiger partial charge in [0.15, 0.2) is 0 Å². The molecule has 96 valence electrons. The highest BCUT2D eigenvalue weighted by Crippen LogP contribution is 2.16. The quantitative estimate of drug-likeness (QED) is 0.903. The highest BCUT2D eigenvalue weighted by molar-refractivity contribution is 5.80. The zero-order valence-corrected chi connectivity index (χ0v) is 11.4. The van der Waals surface area contributed by atoms with Gasteiger partial charge in [-0.25, -0.2) is 4.98 Å². The fraction of sp³-hybridized carbons (Fsp3) is 0.429. The molecule has 0 bridgehead atoms. The summed E-state index contributed by atoms with van der Waals surface area (Å²) >= 11 is 0. The molecule has 0 aliphatic rings. The summed E-state index contributed by atoms with van der Waals surface area (Å²) in [6.45, 7) is 9.80. The van der Waals surface area contributed by atoms with Crippen LogP contribution in [0.1, 0.15) is 25.0 Å². The smallest absolute Gasteiger partial charge is 0.260 e. The Hall–Kier alpha value is -1.84. The van der Waals surface area contributed by atoms with Crippen LogP contribution in [0.3, 0.4) is 0 Å². The van der Waals surface area contributed by atoms with Crippen molar-refractivity contribution in [2.45, 2.75) is 27.7 Å². The Labute approximate surface area is 107 Å². The van der Waals surface area contributed by atoms with Crippen molar-refractivity contribution in [1.82, 2.24) is 9.97 Å². The number of nitrogens with one attached hydrogen (secondary N) is 1. The molecule has 1 N–H and O–H groups in total.